The summed E-state index contributed by atoms with van der Waals surface area (Å²) in [6.45, 7) is 5.30. The predicted octanol–water partition coefficient (Wildman–Crippen LogP) is 2.40. The van der Waals surface area contributed by atoms with E-state index in [1.54, 1.807) is 17.6 Å². The fraction of sp³-hybridized carbons (Fsp3) is 0.444. The van der Waals surface area contributed by atoms with E-state index in [-0.39, 0.29) is 0 Å². The zero-order valence-corrected chi connectivity index (χ0v) is 8.59. The summed E-state index contributed by atoms with van der Waals surface area (Å²) in [5.74, 6) is -0.849. The van der Waals surface area contributed by atoms with Crippen molar-refractivity contribution in [2.45, 2.75) is 26.8 Å². The molecule has 0 amide bonds. The van der Waals surface area contributed by atoms with Crippen LogP contribution >= 0.6 is 11.6 Å². The Morgan fingerprint density at radius 2 is 2.15 bits per heavy atom. The van der Waals surface area contributed by atoms with E-state index in [2.05, 4.69) is 0 Å². The molecule has 0 aliphatic rings. The maximum absolute atomic E-state index is 10.7. The van der Waals surface area contributed by atoms with E-state index < -0.39 is 12.0 Å². The third-order valence-electron chi connectivity index (χ3n) is 2.17. The molecule has 0 aliphatic heterocycles. The van der Waals surface area contributed by atoms with Crippen molar-refractivity contribution in [3.63, 3.8) is 0 Å². The van der Waals surface area contributed by atoms with Crippen LogP contribution in [-0.4, -0.2) is 15.6 Å². The van der Waals surface area contributed by atoms with Crippen molar-refractivity contribution in [1.82, 2.24) is 4.57 Å². The van der Waals surface area contributed by atoms with Crippen LogP contribution in [0.15, 0.2) is 6.07 Å². The van der Waals surface area contributed by atoms with Gasteiger partial charge < -0.3 is 9.67 Å². The number of halogens is 1. The molecule has 1 unspecified atom stereocenters. The number of nitrogens with zero attached hydrogens (tertiary/aromatic N) is 1. The summed E-state index contributed by atoms with van der Waals surface area (Å²) >= 11 is 5.87. The number of carboxylic acid groups (broad SMARTS) is 1. The zero-order chi connectivity index (χ0) is 10.2. The van der Waals surface area contributed by atoms with Crippen molar-refractivity contribution in [1.29, 1.82) is 0 Å². The molecular formula is C9H12ClNO2. The Balaban J connectivity index is 3.20. The van der Waals surface area contributed by atoms with Crippen molar-refractivity contribution in [2.75, 3.05) is 0 Å². The van der Waals surface area contributed by atoms with E-state index >= 15 is 0 Å². The molecule has 1 N–H and O–H groups in total. The van der Waals surface area contributed by atoms with E-state index in [1.165, 1.54) is 0 Å². The number of carbonyl (C=O) groups is 1. The highest BCUT2D eigenvalue weighted by Gasteiger charge is 2.18. The molecule has 0 fully saturated rings. The monoisotopic (exact) mass is 201 g/mol. The number of hydrogen-bond acceptors (Lipinski definition) is 1. The number of carboxylic acids is 1. The Hall–Kier alpha value is -0.960. The minimum atomic E-state index is -0.849. The molecule has 4 heteroatoms. The Labute approximate surface area is 81.9 Å². The molecule has 0 aliphatic carbocycles. The molecule has 0 saturated carbocycles. The smallest absolute Gasteiger partial charge is 0.326 e. The molecule has 1 atom stereocenters. The average molecular weight is 202 g/mol. The van der Waals surface area contributed by atoms with Crippen LogP contribution in [0.5, 0.6) is 0 Å². The van der Waals surface area contributed by atoms with Crippen molar-refractivity contribution in [3.8, 4) is 0 Å². The third kappa shape index (κ3) is 1.70. The molecule has 0 radical (unpaired) electrons. The Morgan fingerprint density at radius 3 is 2.46 bits per heavy atom. The second-order valence-electron chi connectivity index (χ2n) is 3.10. The lowest BCUT2D eigenvalue weighted by atomic mass is 10.3. The van der Waals surface area contributed by atoms with Crippen molar-refractivity contribution in [3.05, 3.63) is 22.5 Å². The number of aromatic nitrogens is 1. The normalized spacial score (nSPS) is 12.9. The van der Waals surface area contributed by atoms with Gasteiger partial charge in [-0.05, 0) is 26.8 Å². The molecule has 13 heavy (non-hydrogen) atoms. The van der Waals surface area contributed by atoms with Gasteiger partial charge in [-0.25, -0.2) is 4.79 Å². The van der Waals surface area contributed by atoms with Crippen LogP contribution in [0.1, 0.15) is 24.4 Å². The molecule has 0 spiro atoms. The first-order chi connectivity index (χ1) is 5.95. The zero-order valence-electron chi connectivity index (χ0n) is 7.84. The highest BCUT2D eigenvalue weighted by molar-refractivity contribution is 6.31. The van der Waals surface area contributed by atoms with E-state index in [1.807, 2.05) is 13.8 Å². The molecular weight excluding hydrogens is 190 g/mol. The van der Waals surface area contributed by atoms with Crippen LogP contribution in [0, 0.1) is 13.8 Å². The molecule has 3 nitrogen and oxygen atoms in total. The number of hydrogen-bond donors (Lipinski definition) is 1. The SMILES string of the molecule is Cc1cc(Cl)c(C)n1C(C)C(=O)O. The Bertz CT molecular complexity index is 344. The number of aryl methyl sites for hydroxylation is 1. The fourth-order valence-corrected chi connectivity index (χ4v) is 1.69. The summed E-state index contributed by atoms with van der Waals surface area (Å²) in [6.07, 6.45) is 0. The van der Waals surface area contributed by atoms with Crippen LogP contribution in [-0.2, 0) is 4.79 Å². The van der Waals surface area contributed by atoms with E-state index in [0.717, 1.165) is 11.4 Å². The molecule has 72 valence electrons. The van der Waals surface area contributed by atoms with Crippen molar-refractivity contribution < 1.29 is 9.90 Å². The first-order valence-corrected chi connectivity index (χ1v) is 4.39. The van der Waals surface area contributed by atoms with Crippen LogP contribution in [0.4, 0.5) is 0 Å². The van der Waals surface area contributed by atoms with Gasteiger partial charge in [0.15, 0.2) is 0 Å². The fourth-order valence-electron chi connectivity index (χ4n) is 1.44. The standard InChI is InChI=1S/C9H12ClNO2/c1-5-4-8(10)6(2)11(5)7(3)9(12)13/h4,7H,1-3H3,(H,12,13). The van der Waals surface area contributed by atoms with E-state index in [4.69, 9.17) is 16.7 Å². The van der Waals surface area contributed by atoms with Crippen LogP contribution in [0.3, 0.4) is 0 Å². The van der Waals surface area contributed by atoms with Gasteiger partial charge in [-0.2, -0.15) is 0 Å². The van der Waals surface area contributed by atoms with Crippen LogP contribution < -0.4 is 0 Å². The molecule has 1 aromatic rings. The van der Waals surface area contributed by atoms with Gasteiger partial charge in [0.2, 0.25) is 0 Å². The highest BCUT2D eigenvalue weighted by Crippen LogP contribution is 2.23. The quantitative estimate of drug-likeness (QED) is 0.799. The molecule has 1 aromatic heterocycles. The number of rotatable bonds is 2. The second kappa shape index (κ2) is 3.42. The maximum atomic E-state index is 10.7. The topological polar surface area (TPSA) is 42.2 Å². The third-order valence-corrected chi connectivity index (χ3v) is 2.55. The lowest BCUT2D eigenvalue weighted by Gasteiger charge is -2.13. The van der Waals surface area contributed by atoms with Gasteiger partial charge in [-0.15, -0.1) is 0 Å². The van der Waals surface area contributed by atoms with Gasteiger partial charge in [0.05, 0.1) is 5.02 Å². The lowest BCUT2D eigenvalue weighted by molar-refractivity contribution is -0.140. The van der Waals surface area contributed by atoms with Gasteiger partial charge in [-0.1, -0.05) is 11.6 Å². The van der Waals surface area contributed by atoms with Gasteiger partial charge in [-0.3, -0.25) is 0 Å². The van der Waals surface area contributed by atoms with Gasteiger partial charge >= 0.3 is 5.97 Å². The van der Waals surface area contributed by atoms with Crippen molar-refractivity contribution in [2.24, 2.45) is 0 Å². The van der Waals surface area contributed by atoms with Crippen LogP contribution in [0.2, 0.25) is 5.02 Å². The Morgan fingerprint density at radius 1 is 1.62 bits per heavy atom. The highest BCUT2D eigenvalue weighted by atomic mass is 35.5. The maximum Gasteiger partial charge on any atom is 0.326 e. The predicted molar refractivity (Wildman–Crippen MR) is 51.3 cm³/mol. The molecule has 1 rings (SSSR count). The molecule has 0 bridgehead atoms. The first-order valence-electron chi connectivity index (χ1n) is 4.02. The summed E-state index contributed by atoms with van der Waals surface area (Å²) in [4.78, 5) is 10.7. The van der Waals surface area contributed by atoms with E-state index in [0.29, 0.717) is 5.02 Å². The van der Waals surface area contributed by atoms with E-state index in [9.17, 15) is 4.79 Å². The van der Waals surface area contributed by atoms with Crippen LogP contribution in [0.25, 0.3) is 0 Å². The lowest BCUT2D eigenvalue weighted by Crippen LogP contribution is -2.17. The van der Waals surface area contributed by atoms with Gasteiger partial charge in [0.1, 0.15) is 6.04 Å². The summed E-state index contributed by atoms with van der Waals surface area (Å²) < 4.78 is 1.71. The minimum Gasteiger partial charge on any atom is -0.480 e. The second-order valence-corrected chi connectivity index (χ2v) is 3.51. The molecule has 1 heterocycles. The first kappa shape index (κ1) is 10.1. The Kier molecular flexibility index (Phi) is 2.66. The summed E-state index contributed by atoms with van der Waals surface area (Å²) in [6, 6.07) is 1.21. The summed E-state index contributed by atoms with van der Waals surface area (Å²) in [5.41, 5.74) is 1.67. The van der Waals surface area contributed by atoms with Crippen molar-refractivity contribution >= 4 is 17.6 Å². The summed E-state index contributed by atoms with van der Waals surface area (Å²) in [7, 11) is 0. The van der Waals surface area contributed by atoms with Gasteiger partial charge in [0, 0.05) is 11.4 Å². The molecule has 0 saturated heterocycles. The average Bonchev–Trinajstić information content (AvgIpc) is 2.26. The minimum absolute atomic E-state index is 0.563. The number of aliphatic carboxylic acids is 1. The molecule has 0 aromatic carbocycles. The van der Waals surface area contributed by atoms with Gasteiger partial charge in [0.25, 0.3) is 0 Å². The largest absolute Gasteiger partial charge is 0.480 e. The summed E-state index contributed by atoms with van der Waals surface area (Å²) in [5, 5.41) is 9.45.